The van der Waals surface area contributed by atoms with Crippen molar-refractivity contribution in [2.75, 3.05) is 18.4 Å². The molecule has 0 aliphatic carbocycles. The normalized spacial score (nSPS) is 20.2. The van der Waals surface area contributed by atoms with E-state index in [0.29, 0.717) is 5.69 Å². The van der Waals surface area contributed by atoms with E-state index in [4.69, 9.17) is 0 Å². The van der Waals surface area contributed by atoms with Crippen LogP contribution in [-0.4, -0.2) is 24.1 Å². The van der Waals surface area contributed by atoms with Gasteiger partial charge in [-0.1, -0.05) is 0 Å². The van der Waals surface area contributed by atoms with Crippen LogP contribution in [0.5, 0.6) is 0 Å². The average molecular weight is 253 g/mol. The zero-order chi connectivity index (χ0) is 13.0. The summed E-state index contributed by atoms with van der Waals surface area (Å²) in [6, 6.07) is 4.22. The Bertz CT molecular complexity index is 431. The molecule has 1 saturated heterocycles. The van der Waals surface area contributed by atoms with Crippen LogP contribution in [0.2, 0.25) is 0 Å². The highest BCUT2D eigenvalue weighted by Crippen LogP contribution is 2.23. The molecular weight excluding hydrogens is 237 g/mol. The van der Waals surface area contributed by atoms with Gasteiger partial charge in [0.15, 0.2) is 0 Å². The fourth-order valence-corrected chi connectivity index (χ4v) is 2.14. The van der Waals surface area contributed by atoms with Gasteiger partial charge in [-0.15, -0.1) is 0 Å². The monoisotopic (exact) mass is 253 g/mol. The summed E-state index contributed by atoms with van der Waals surface area (Å²) in [7, 11) is 0. The Kier molecular flexibility index (Phi) is 4.09. The van der Waals surface area contributed by atoms with Crippen LogP contribution in [0, 0.1) is 15.9 Å². The second-order valence-corrected chi connectivity index (χ2v) is 4.45. The Morgan fingerprint density at radius 1 is 1.39 bits per heavy atom. The number of nitrogens with zero attached hydrogens (tertiary/aromatic N) is 1. The van der Waals surface area contributed by atoms with Gasteiger partial charge in [0.1, 0.15) is 0 Å². The highest BCUT2D eigenvalue weighted by atomic mass is 19.1. The Morgan fingerprint density at radius 2 is 2.22 bits per heavy atom. The summed E-state index contributed by atoms with van der Waals surface area (Å²) >= 11 is 0. The van der Waals surface area contributed by atoms with E-state index >= 15 is 0 Å². The largest absolute Gasteiger partial charge is 0.382 e. The maximum atomic E-state index is 13.2. The van der Waals surface area contributed by atoms with Crippen LogP contribution in [0.15, 0.2) is 18.2 Å². The maximum Gasteiger partial charge on any atom is 0.306 e. The molecule has 1 aromatic carbocycles. The molecule has 1 heterocycles. The molecule has 1 aliphatic heterocycles. The number of hydrogen-bond acceptors (Lipinski definition) is 4. The molecule has 2 N–H and O–H groups in total. The van der Waals surface area contributed by atoms with Crippen LogP contribution in [0.1, 0.15) is 19.3 Å². The van der Waals surface area contributed by atoms with Crippen molar-refractivity contribution in [2.45, 2.75) is 25.3 Å². The second-order valence-electron chi connectivity index (χ2n) is 4.45. The molecule has 0 amide bonds. The van der Waals surface area contributed by atoms with Crippen LogP contribution in [0.3, 0.4) is 0 Å². The minimum Gasteiger partial charge on any atom is -0.382 e. The summed E-state index contributed by atoms with van der Waals surface area (Å²) in [4.78, 5) is 9.95. The third-order valence-corrected chi connectivity index (χ3v) is 3.09. The zero-order valence-corrected chi connectivity index (χ0v) is 9.99. The van der Waals surface area contributed by atoms with Crippen LogP contribution in [0.4, 0.5) is 15.8 Å². The molecule has 1 aliphatic rings. The summed E-state index contributed by atoms with van der Waals surface area (Å²) in [6.45, 7) is 1.93. The van der Waals surface area contributed by atoms with Gasteiger partial charge >= 0.3 is 5.69 Å². The van der Waals surface area contributed by atoms with E-state index in [1.165, 1.54) is 6.07 Å². The first-order valence-corrected chi connectivity index (χ1v) is 6.08. The lowest BCUT2D eigenvalue weighted by atomic mass is 10.1. The van der Waals surface area contributed by atoms with E-state index in [1.54, 1.807) is 6.07 Å². The van der Waals surface area contributed by atoms with Gasteiger partial charge in [-0.25, -0.2) is 0 Å². The van der Waals surface area contributed by atoms with Gasteiger partial charge in [-0.3, -0.25) is 10.1 Å². The third-order valence-electron chi connectivity index (χ3n) is 3.09. The number of hydrogen-bond donors (Lipinski definition) is 2. The van der Waals surface area contributed by atoms with Crippen molar-refractivity contribution >= 4 is 11.4 Å². The highest BCUT2D eigenvalue weighted by molar-refractivity contribution is 5.52. The van der Waals surface area contributed by atoms with Gasteiger partial charge in [0.2, 0.25) is 5.82 Å². The van der Waals surface area contributed by atoms with E-state index < -0.39 is 16.4 Å². The molecule has 6 heteroatoms. The van der Waals surface area contributed by atoms with E-state index in [-0.39, 0.29) is 6.04 Å². The molecule has 5 nitrogen and oxygen atoms in total. The molecule has 18 heavy (non-hydrogen) atoms. The lowest BCUT2D eigenvalue weighted by Crippen LogP contribution is -2.21. The van der Waals surface area contributed by atoms with E-state index in [1.807, 2.05) is 0 Å². The Hall–Kier alpha value is -1.69. The number of nitro groups is 1. The smallest absolute Gasteiger partial charge is 0.306 e. The summed E-state index contributed by atoms with van der Waals surface area (Å²) in [6.07, 6.45) is 3.05. The first-order valence-electron chi connectivity index (χ1n) is 6.08. The minimum atomic E-state index is -0.798. The first kappa shape index (κ1) is 12.8. The molecule has 98 valence electrons. The van der Waals surface area contributed by atoms with Gasteiger partial charge in [-0.2, -0.15) is 4.39 Å². The number of anilines is 1. The zero-order valence-electron chi connectivity index (χ0n) is 9.99. The molecule has 1 unspecified atom stereocenters. The molecule has 0 bridgehead atoms. The van der Waals surface area contributed by atoms with Crippen LogP contribution >= 0.6 is 0 Å². The van der Waals surface area contributed by atoms with E-state index in [0.717, 1.165) is 38.4 Å². The fraction of sp³-hybridized carbons (Fsp3) is 0.500. The minimum absolute atomic E-state index is 0.282. The van der Waals surface area contributed by atoms with E-state index in [9.17, 15) is 14.5 Å². The summed E-state index contributed by atoms with van der Waals surface area (Å²) in [5, 5.41) is 17.2. The average Bonchev–Trinajstić information content (AvgIpc) is 2.60. The van der Waals surface area contributed by atoms with Crippen LogP contribution in [-0.2, 0) is 0 Å². The first-order chi connectivity index (χ1) is 8.66. The van der Waals surface area contributed by atoms with Crippen LogP contribution < -0.4 is 10.6 Å². The lowest BCUT2D eigenvalue weighted by Gasteiger charge is -2.17. The predicted molar refractivity (Wildman–Crippen MR) is 67.2 cm³/mol. The molecular formula is C12H16FN3O2. The van der Waals surface area contributed by atoms with Crippen molar-refractivity contribution in [2.24, 2.45) is 0 Å². The molecule has 0 radical (unpaired) electrons. The quantitative estimate of drug-likeness (QED) is 0.640. The standard InChI is InChI=1S/C12H16FN3O2/c13-11-4-3-10(8-12(11)16(17)18)15-9-2-1-6-14-7-5-9/h3-4,8-9,14-15H,1-2,5-7H2. The van der Waals surface area contributed by atoms with E-state index in [2.05, 4.69) is 10.6 Å². The summed E-state index contributed by atoms with van der Waals surface area (Å²) in [5.41, 5.74) is 0.127. The molecule has 0 spiro atoms. The number of nitro benzene ring substituents is 1. The SMILES string of the molecule is O=[N+]([O-])c1cc(NC2CCCNCC2)ccc1F. The number of rotatable bonds is 3. The van der Waals surface area contributed by atoms with Gasteiger partial charge in [0.05, 0.1) is 4.92 Å². The lowest BCUT2D eigenvalue weighted by molar-refractivity contribution is -0.387. The molecule has 2 rings (SSSR count). The topological polar surface area (TPSA) is 67.2 Å². The van der Waals surface area contributed by atoms with Crippen molar-refractivity contribution in [3.63, 3.8) is 0 Å². The Morgan fingerprint density at radius 3 is 3.00 bits per heavy atom. The molecule has 1 aromatic rings. The summed E-state index contributed by atoms with van der Waals surface area (Å²) < 4.78 is 13.2. The molecule has 1 atom stereocenters. The van der Waals surface area contributed by atoms with Crippen molar-refractivity contribution in [3.05, 3.63) is 34.1 Å². The van der Waals surface area contributed by atoms with Crippen molar-refractivity contribution in [1.29, 1.82) is 0 Å². The highest BCUT2D eigenvalue weighted by Gasteiger charge is 2.16. The maximum absolute atomic E-state index is 13.2. The number of halogens is 1. The Balaban J connectivity index is 2.08. The summed E-state index contributed by atoms with van der Waals surface area (Å²) in [5.74, 6) is -0.798. The van der Waals surface area contributed by atoms with Crippen molar-refractivity contribution in [3.8, 4) is 0 Å². The second kappa shape index (κ2) is 5.77. The van der Waals surface area contributed by atoms with Gasteiger partial charge in [0.25, 0.3) is 0 Å². The number of benzene rings is 1. The predicted octanol–water partition coefficient (Wildman–Crippen LogP) is 2.29. The molecule has 1 fully saturated rings. The molecule has 0 aromatic heterocycles. The van der Waals surface area contributed by atoms with Gasteiger partial charge in [-0.05, 0) is 44.5 Å². The van der Waals surface area contributed by atoms with Gasteiger partial charge < -0.3 is 10.6 Å². The third kappa shape index (κ3) is 3.16. The van der Waals surface area contributed by atoms with Crippen molar-refractivity contribution in [1.82, 2.24) is 5.32 Å². The van der Waals surface area contributed by atoms with Gasteiger partial charge in [0, 0.05) is 17.8 Å². The number of nitrogens with one attached hydrogen (secondary N) is 2. The van der Waals surface area contributed by atoms with Crippen molar-refractivity contribution < 1.29 is 9.31 Å². The molecule has 0 saturated carbocycles. The Labute approximate surface area is 105 Å². The van der Waals surface area contributed by atoms with Crippen LogP contribution in [0.25, 0.3) is 0 Å². The fourth-order valence-electron chi connectivity index (χ4n) is 2.14.